The molecule has 7 rings (SSSR count). The number of carbonyl (C=O) groups is 2. The minimum atomic E-state index is -0.880. The topological polar surface area (TPSA) is 117 Å². The zero-order chi connectivity index (χ0) is 34.0. The van der Waals surface area contributed by atoms with Gasteiger partial charge in [-0.15, -0.1) is 11.6 Å². The fourth-order valence-corrected chi connectivity index (χ4v) is 8.42. The molecular formula is C38H42Cl2N6O3. The monoisotopic (exact) mass is 700 g/mol. The van der Waals surface area contributed by atoms with Crippen molar-refractivity contribution in [2.75, 3.05) is 20.2 Å². The molecule has 2 amide bonds. The summed E-state index contributed by atoms with van der Waals surface area (Å²) in [5, 5.41) is 13.3. The molecule has 0 radical (unpaired) electrons. The molecule has 2 aliphatic heterocycles. The molecule has 4 aliphatic rings. The summed E-state index contributed by atoms with van der Waals surface area (Å²) in [6.07, 6.45) is 13.9. The molecular weight excluding hydrogens is 659 g/mol. The van der Waals surface area contributed by atoms with Crippen molar-refractivity contribution in [3.63, 3.8) is 0 Å². The van der Waals surface area contributed by atoms with E-state index in [1.54, 1.807) is 7.11 Å². The number of fused-ring (bicyclic) bond motifs is 1. The van der Waals surface area contributed by atoms with Crippen LogP contribution in [0.4, 0.5) is 0 Å². The summed E-state index contributed by atoms with van der Waals surface area (Å²) in [5.41, 5.74) is 5.73. The van der Waals surface area contributed by atoms with Gasteiger partial charge < -0.3 is 26.0 Å². The Morgan fingerprint density at radius 1 is 1.00 bits per heavy atom. The summed E-state index contributed by atoms with van der Waals surface area (Å²) in [4.78, 5) is 33.6. The van der Waals surface area contributed by atoms with Gasteiger partial charge in [0.25, 0.3) is 0 Å². The number of aromatic nitrogens is 2. The second-order valence-electron chi connectivity index (χ2n) is 13.4. The van der Waals surface area contributed by atoms with Crippen LogP contribution in [0.1, 0.15) is 78.2 Å². The Morgan fingerprint density at radius 3 is 2.51 bits per heavy atom. The molecule has 3 aromatic rings. The number of amides is 2. The first-order valence-electron chi connectivity index (χ1n) is 17.2. The van der Waals surface area contributed by atoms with Crippen molar-refractivity contribution in [2.24, 2.45) is 0 Å². The average molecular weight is 702 g/mol. The highest BCUT2D eigenvalue weighted by Crippen LogP contribution is 2.49. The zero-order valence-corrected chi connectivity index (χ0v) is 29.1. The van der Waals surface area contributed by atoms with Gasteiger partial charge in [0.1, 0.15) is 0 Å². The Kier molecular flexibility index (Phi) is 10.1. The van der Waals surface area contributed by atoms with Crippen molar-refractivity contribution in [3.8, 4) is 5.88 Å². The van der Waals surface area contributed by atoms with Crippen LogP contribution in [0.5, 0.6) is 5.88 Å². The van der Waals surface area contributed by atoms with Crippen LogP contribution >= 0.6 is 23.2 Å². The highest BCUT2D eigenvalue weighted by molar-refractivity contribution is 6.34. The molecule has 2 aromatic heterocycles. The standard InChI is InChI=1S/C38H42Cl2N6O3/c1-49-37-24(19-41-21-26-12-15-33(47)44-26)11-14-32(46-37)38(17-5-8-29(36(38)40)28-7-2-3-9-30(28)39)25-18-23-6-4-10-31(35(23)43-20-25)42-22-27-13-16-34(48)45-27/h2-3,5,7-9,11,14,17-18,20,26-27,31,36,41-42H,4,6,10,12-13,15-16,19,21-22H2,1H3,(H,44,47)(H,45,48)/t26-,27-,31-,36?,38?/m1/s1. The van der Waals surface area contributed by atoms with Gasteiger partial charge in [-0.1, -0.05) is 60.2 Å². The molecule has 2 fully saturated rings. The van der Waals surface area contributed by atoms with Crippen LogP contribution in [-0.2, 0) is 28.0 Å². The first-order chi connectivity index (χ1) is 23.9. The van der Waals surface area contributed by atoms with E-state index in [1.165, 1.54) is 5.56 Å². The number of rotatable bonds is 11. The van der Waals surface area contributed by atoms with Gasteiger partial charge in [-0.25, -0.2) is 4.98 Å². The second kappa shape index (κ2) is 14.6. The van der Waals surface area contributed by atoms with E-state index in [0.717, 1.165) is 72.3 Å². The lowest BCUT2D eigenvalue weighted by Crippen LogP contribution is -2.40. The van der Waals surface area contributed by atoms with E-state index in [9.17, 15) is 9.59 Å². The number of methoxy groups -OCH3 is 1. The van der Waals surface area contributed by atoms with Gasteiger partial charge in [-0.3, -0.25) is 14.6 Å². The minimum Gasteiger partial charge on any atom is -0.481 e. The lowest BCUT2D eigenvalue weighted by molar-refractivity contribution is -0.120. The molecule has 2 unspecified atom stereocenters. The Bertz CT molecular complexity index is 1800. The van der Waals surface area contributed by atoms with Gasteiger partial charge >= 0.3 is 0 Å². The molecule has 0 spiro atoms. The van der Waals surface area contributed by atoms with E-state index in [4.69, 9.17) is 37.9 Å². The number of pyridine rings is 2. The van der Waals surface area contributed by atoms with Crippen LogP contribution in [0.3, 0.4) is 0 Å². The number of allylic oxidation sites excluding steroid dienone is 4. The lowest BCUT2D eigenvalue weighted by Gasteiger charge is -2.39. The van der Waals surface area contributed by atoms with E-state index in [0.29, 0.717) is 36.8 Å². The van der Waals surface area contributed by atoms with E-state index < -0.39 is 10.8 Å². The normalized spacial score (nSPS) is 26.2. The summed E-state index contributed by atoms with van der Waals surface area (Å²) in [5.74, 6) is 0.739. The Hall–Kier alpha value is -3.76. The van der Waals surface area contributed by atoms with Crippen molar-refractivity contribution in [1.82, 2.24) is 31.2 Å². The maximum Gasteiger partial charge on any atom is 0.220 e. The quantitative estimate of drug-likeness (QED) is 0.201. The smallest absolute Gasteiger partial charge is 0.220 e. The predicted molar refractivity (Wildman–Crippen MR) is 192 cm³/mol. The van der Waals surface area contributed by atoms with Crippen LogP contribution in [0.25, 0.3) is 5.57 Å². The van der Waals surface area contributed by atoms with Gasteiger partial charge in [-0.05, 0) is 66.5 Å². The predicted octanol–water partition coefficient (Wildman–Crippen LogP) is 5.30. The van der Waals surface area contributed by atoms with Crippen molar-refractivity contribution < 1.29 is 14.3 Å². The number of halogens is 2. The number of benzene rings is 1. The number of hydrogen-bond donors (Lipinski definition) is 4. The van der Waals surface area contributed by atoms with Crippen LogP contribution in [-0.4, -0.2) is 59.4 Å². The van der Waals surface area contributed by atoms with Gasteiger partial charge in [0.2, 0.25) is 17.7 Å². The third kappa shape index (κ3) is 6.86. The molecule has 4 N–H and O–H groups in total. The van der Waals surface area contributed by atoms with Crippen molar-refractivity contribution in [2.45, 2.75) is 80.4 Å². The number of aryl methyl sites for hydroxylation is 1. The van der Waals surface area contributed by atoms with Gasteiger partial charge in [0.15, 0.2) is 0 Å². The van der Waals surface area contributed by atoms with E-state index in [2.05, 4.69) is 33.4 Å². The molecule has 9 nitrogen and oxygen atoms in total. The fourth-order valence-electron chi connectivity index (χ4n) is 7.68. The Morgan fingerprint density at radius 2 is 1.78 bits per heavy atom. The van der Waals surface area contributed by atoms with Gasteiger partial charge in [-0.2, -0.15) is 0 Å². The third-order valence-corrected chi connectivity index (χ3v) is 11.2. The molecule has 11 heteroatoms. The van der Waals surface area contributed by atoms with Gasteiger partial charge in [0, 0.05) is 67.4 Å². The molecule has 5 atom stereocenters. The van der Waals surface area contributed by atoms with E-state index in [-0.39, 0.29) is 29.9 Å². The summed E-state index contributed by atoms with van der Waals surface area (Å²) in [6.45, 7) is 1.94. The molecule has 0 bridgehead atoms. The lowest BCUT2D eigenvalue weighted by atomic mass is 9.68. The summed E-state index contributed by atoms with van der Waals surface area (Å²) in [6, 6.07) is 14.5. The zero-order valence-electron chi connectivity index (χ0n) is 27.6. The number of carbonyl (C=O) groups excluding carboxylic acids is 2. The van der Waals surface area contributed by atoms with E-state index in [1.807, 2.05) is 54.7 Å². The Balaban J connectivity index is 1.23. The molecule has 256 valence electrons. The first kappa shape index (κ1) is 33.7. The van der Waals surface area contributed by atoms with Crippen molar-refractivity contribution in [1.29, 1.82) is 0 Å². The second-order valence-corrected chi connectivity index (χ2v) is 14.3. The van der Waals surface area contributed by atoms with Crippen molar-refractivity contribution >= 4 is 40.6 Å². The van der Waals surface area contributed by atoms with Crippen molar-refractivity contribution in [3.05, 3.63) is 106 Å². The highest BCUT2D eigenvalue weighted by atomic mass is 35.5. The highest BCUT2D eigenvalue weighted by Gasteiger charge is 2.45. The summed E-state index contributed by atoms with van der Waals surface area (Å²) < 4.78 is 5.87. The van der Waals surface area contributed by atoms with Crippen LogP contribution < -0.4 is 26.0 Å². The van der Waals surface area contributed by atoms with E-state index >= 15 is 0 Å². The maximum atomic E-state index is 11.8. The molecule has 2 saturated heterocycles. The summed E-state index contributed by atoms with van der Waals surface area (Å²) in [7, 11) is 1.63. The Labute approximate surface area is 297 Å². The molecule has 0 saturated carbocycles. The number of ether oxygens (including phenoxy) is 1. The number of alkyl halides is 1. The number of nitrogens with one attached hydrogen (secondary N) is 4. The summed E-state index contributed by atoms with van der Waals surface area (Å²) >= 11 is 14.4. The largest absolute Gasteiger partial charge is 0.481 e. The molecule has 1 aromatic carbocycles. The first-order valence-corrected chi connectivity index (χ1v) is 18.0. The molecule has 4 heterocycles. The fraction of sp³-hybridized carbons (Fsp3) is 0.421. The van der Waals surface area contributed by atoms with Crippen LogP contribution in [0, 0.1) is 0 Å². The molecule has 2 aliphatic carbocycles. The SMILES string of the molecule is COc1nc(C2(c3cnc4c(c3)CCC[C@H]4NC[C@H]3CCC(=O)N3)C=CC=C(c3ccccc3Cl)C2Cl)ccc1CNC[C@H]1CCC(=O)N1. The third-order valence-electron chi connectivity index (χ3n) is 10.3. The average Bonchev–Trinajstić information content (AvgIpc) is 3.74. The minimum absolute atomic E-state index is 0.101. The van der Waals surface area contributed by atoms with Gasteiger partial charge in [0.05, 0.1) is 29.3 Å². The maximum absolute atomic E-state index is 11.8. The number of hydrogen-bond acceptors (Lipinski definition) is 7. The van der Waals surface area contributed by atoms with Crippen LogP contribution in [0.15, 0.2) is 66.9 Å². The number of nitrogens with zero attached hydrogens (tertiary/aromatic N) is 2. The molecule has 49 heavy (non-hydrogen) atoms. The van der Waals surface area contributed by atoms with Crippen LogP contribution in [0.2, 0.25) is 5.02 Å².